The van der Waals surface area contributed by atoms with E-state index in [0.717, 1.165) is 6.07 Å². The maximum atomic E-state index is 10.6. The highest BCUT2D eigenvalue weighted by molar-refractivity contribution is 5.92. The molecule has 0 radical (unpaired) electrons. The second kappa shape index (κ2) is 3.84. The fourth-order valence-electron chi connectivity index (χ4n) is 1.04. The number of hydrogen-bond acceptors (Lipinski definition) is 4. The van der Waals surface area contributed by atoms with Gasteiger partial charge in [0.05, 0.1) is 4.92 Å². The number of hydrogen-bond donors (Lipinski definition) is 2. The van der Waals surface area contributed by atoms with Crippen molar-refractivity contribution >= 4 is 11.7 Å². The number of nitrogens with two attached hydrogens (primary N) is 1. The molecule has 6 heteroatoms. The molecule has 0 aromatic heterocycles. The highest BCUT2D eigenvalue weighted by Gasteiger charge is 2.19. The molecule has 0 aliphatic rings. The molecule has 6 nitrogen and oxygen atoms in total. The molecule has 14 heavy (non-hydrogen) atoms. The highest BCUT2D eigenvalue weighted by Crippen LogP contribution is 2.19. The molecule has 0 unspecified atom stereocenters. The summed E-state index contributed by atoms with van der Waals surface area (Å²) in [4.78, 5) is 20.4. The zero-order chi connectivity index (χ0) is 10.7. The number of nitro groups is 1. The largest absolute Gasteiger partial charge is 0.477 e. The minimum atomic E-state index is -1.33. The molecular formula is C8H8N2O4. The lowest BCUT2D eigenvalue weighted by Gasteiger charge is -2.00. The third-order valence-corrected chi connectivity index (χ3v) is 1.72. The van der Waals surface area contributed by atoms with E-state index in [9.17, 15) is 14.9 Å². The van der Waals surface area contributed by atoms with E-state index in [1.807, 2.05) is 0 Å². The Balaban J connectivity index is 3.31. The number of nitrogens with zero attached hydrogens (tertiary/aromatic N) is 1. The van der Waals surface area contributed by atoms with Crippen LogP contribution in [-0.2, 0) is 6.54 Å². The molecule has 0 spiro atoms. The maximum absolute atomic E-state index is 10.6. The number of aromatic carboxylic acids is 1. The van der Waals surface area contributed by atoms with E-state index in [4.69, 9.17) is 10.8 Å². The quantitative estimate of drug-likeness (QED) is 0.548. The fourth-order valence-corrected chi connectivity index (χ4v) is 1.04. The van der Waals surface area contributed by atoms with Crippen LogP contribution in [0.4, 0.5) is 5.69 Å². The second-order valence-corrected chi connectivity index (χ2v) is 2.62. The highest BCUT2D eigenvalue weighted by atomic mass is 16.6. The van der Waals surface area contributed by atoms with Gasteiger partial charge in [-0.05, 0) is 11.6 Å². The molecule has 0 saturated carbocycles. The van der Waals surface area contributed by atoms with Gasteiger partial charge in [0.1, 0.15) is 5.56 Å². The average molecular weight is 196 g/mol. The van der Waals surface area contributed by atoms with E-state index < -0.39 is 16.6 Å². The minimum Gasteiger partial charge on any atom is -0.477 e. The fraction of sp³-hybridized carbons (Fsp3) is 0.125. The van der Waals surface area contributed by atoms with E-state index in [2.05, 4.69) is 0 Å². The normalized spacial score (nSPS) is 9.79. The minimum absolute atomic E-state index is 0.151. The van der Waals surface area contributed by atoms with Crippen LogP contribution < -0.4 is 5.73 Å². The summed E-state index contributed by atoms with van der Waals surface area (Å²) in [6.07, 6.45) is 0. The molecular weight excluding hydrogens is 188 g/mol. The summed E-state index contributed by atoms with van der Waals surface area (Å²) in [5, 5.41) is 19.1. The number of carboxylic acid groups (broad SMARTS) is 1. The average Bonchev–Trinajstić information content (AvgIpc) is 2.16. The zero-order valence-corrected chi connectivity index (χ0v) is 7.14. The van der Waals surface area contributed by atoms with Crippen molar-refractivity contribution in [3.05, 3.63) is 39.4 Å². The topological polar surface area (TPSA) is 106 Å². The van der Waals surface area contributed by atoms with Gasteiger partial charge in [0.2, 0.25) is 0 Å². The molecule has 3 N–H and O–H groups in total. The van der Waals surface area contributed by atoms with Crippen molar-refractivity contribution in [2.24, 2.45) is 5.73 Å². The van der Waals surface area contributed by atoms with Crippen LogP contribution in [0.15, 0.2) is 18.2 Å². The molecule has 1 rings (SSSR count). The number of nitro benzene ring substituents is 1. The molecule has 0 amide bonds. The third-order valence-electron chi connectivity index (χ3n) is 1.72. The van der Waals surface area contributed by atoms with Gasteiger partial charge in [-0.1, -0.05) is 6.07 Å². The lowest BCUT2D eigenvalue weighted by atomic mass is 10.1. The van der Waals surface area contributed by atoms with Gasteiger partial charge < -0.3 is 10.8 Å². The van der Waals surface area contributed by atoms with Crippen LogP contribution in [0.2, 0.25) is 0 Å². The van der Waals surface area contributed by atoms with Crippen LogP contribution in [0.1, 0.15) is 15.9 Å². The van der Waals surface area contributed by atoms with E-state index in [1.54, 1.807) is 0 Å². The van der Waals surface area contributed by atoms with Crippen LogP contribution in [0.25, 0.3) is 0 Å². The Kier molecular flexibility index (Phi) is 2.78. The van der Waals surface area contributed by atoms with Gasteiger partial charge in [-0.15, -0.1) is 0 Å². The molecule has 0 fully saturated rings. The number of benzene rings is 1. The first-order valence-electron chi connectivity index (χ1n) is 3.77. The van der Waals surface area contributed by atoms with Crippen LogP contribution in [0.3, 0.4) is 0 Å². The molecule has 0 bridgehead atoms. The molecule has 74 valence electrons. The maximum Gasteiger partial charge on any atom is 0.342 e. The first kappa shape index (κ1) is 10.1. The number of carbonyl (C=O) groups is 1. The summed E-state index contributed by atoms with van der Waals surface area (Å²) in [5.74, 6) is -1.33. The molecule has 0 atom stereocenters. The molecule has 1 aromatic carbocycles. The predicted octanol–water partition coefficient (Wildman–Crippen LogP) is 0.752. The predicted molar refractivity (Wildman–Crippen MR) is 47.9 cm³/mol. The van der Waals surface area contributed by atoms with Crippen molar-refractivity contribution in [1.29, 1.82) is 0 Å². The first-order chi connectivity index (χ1) is 6.56. The van der Waals surface area contributed by atoms with Crippen molar-refractivity contribution in [2.75, 3.05) is 0 Å². The summed E-state index contributed by atoms with van der Waals surface area (Å²) < 4.78 is 0. The summed E-state index contributed by atoms with van der Waals surface area (Å²) in [6.45, 7) is 0.151. The lowest BCUT2D eigenvalue weighted by Crippen LogP contribution is -2.05. The Morgan fingerprint density at radius 3 is 2.64 bits per heavy atom. The van der Waals surface area contributed by atoms with Gasteiger partial charge >= 0.3 is 5.97 Å². The van der Waals surface area contributed by atoms with Crippen molar-refractivity contribution in [1.82, 2.24) is 0 Å². The van der Waals surface area contributed by atoms with Gasteiger partial charge in [-0.3, -0.25) is 10.1 Å². The Morgan fingerprint density at radius 2 is 2.21 bits per heavy atom. The summed E-state index contributed by atoms with van der Waals surface area (Å²) >= 11 is 0. The van der Waals surface area contributed by atoms with E-state index in [1.165, 1.54) is 12.1 Å². The van der Waals surface area contributed by atoms with Crippen molar-refractivity contribution in [3.8, 4) is 0 Å². The van der Waals surface area contributed by atoms with Gasteiger partial charge in [-0.2, -0.15) is 0 Å². The van der Waals surface area contributed by atoms with E-state index in [0.29, 0.717) is 5.56 Å². The lowest BCUT2D eigenvalue weighted by molar-refractivity contribution is -0.385. The van der Waals surface area contributed by atoms with Gasteiger partial charge in [0.15, 0.2) is 0 Å². The second-order valence-electron chi connectivity index (χ2n) is 2.62. The standard InChI is InChI=1S/C8H8N2O4/c9-4-5-1-2-7(10(13)14)6(3-5)8(11)12/h1-3H,4,9H2,(H,11,12). The Hall–Kier alpha value is -1.95. The zero-order valence-electron chi connectivity index (χ0n) is 7.14. The Labute approximate surface area is 79.1 Å². The van der Waals surface area contributed by atoms with Gasteiger partial charge in [0, 0.05) is 12.6 Å². The summed E-state index contributed by atoms with van der Waals surface area (Å²) in [5.41, 5.74) is 5.07. The molecule has 0 aliphatic carbocycles. The number of rotatable bonds is 3. The third kappa shape index (κ3) is 1.86. The van der Waals surface area contributed by atoms with Crippen LogP contribution in [0, 0.1) is 10.1 Å². The van der Waals surface area contributed by atoms with Crippen LogP contribution in [0.5, 0.6) is 0 Å². The van der Waals surface area contributed by atoms with Gasteiger partial charge in [0.25, 0.3) is 5.69 Å². The summed E-state index contributed by atoms with van der Waals surface area (Å²) in [7, 11) is 0. The van der Waals surface area contributed by atoms with E-state index in [-0.39, 0.29) is 12.1 Å². The number of carboxylic acids is 1. The smallest absolute Gasteiger partial charge is 0.342 e. The Morgan fingerprint density at radius 1 is 1.57 bits per heavy atom. The Bertz CT molecular complexity index is 389. The van der Waals surface area contributed by atoms with Gasteiger partial charge in [-0.25, -0.2) is 4.79 Å². The SMILES string of the molecule is NCc1ccc([N+](=O)[O-])c(C(=O)O)c1. The van der Waals surface area contributed by atoms with Crippen LogP contribution in [-0.4, -0.2) is 16.0 Å². The van der Waals surface area contributed by atoms with Crippen molar-refractivity contribution in [2.45, 2.75) is 6.54 Å². The summed E-state index contributed by atoms with van der Waals surface area (Å²) in [6, 6.07) is 3.79. The molecule has 0 saturated heterocycles. The molecule has 1 aromatic rings. The van der Waals surface area contributed by atoms with Crippen molar-refractivity contribution < 1.29 is 14.8 Å². The molecule has 0 heterocycles. The monoisotopic (exact) mass is 196 g/mol. The first-order valence-corrected chi connectivity index (χ1v) is 3.77. The van der Waals surface area contributed by atoms with E-state index >= 15 is 0 Å². The van der Waals surface area contributed by atoms with Crippen molar-refractivity contribution in [3.63, 3.8) is 0 Å². The molecule has 0 aliphatic heterocycles. The van der Waals surface area contributed by atoms with Crippen LogP contribution >= 0.6 is 0 Å².